The minimum absolute atomic E-state index is 0.0575. The molecular formula is C10H17NO2S. The molecule has 2 fully saturated rings. The number of nitrogens with one attached hydrogen (secondary N) is 1. The van der Waals surface area contributed by atoms with Gasteiger partial charge in [0.05, 0.1) is 6.61 Å². The summed E-state index contributed by atoms with van der Waals surface area (Å²) in [4.78, 5) is 11.5. The van der Waals surface area contributed by atoms with Crippen LogP contribution in [0.5, 0.6) is 0 Å². The highest BCUT2D eigenvalue weighted by molar-refractivity contribution is 7.99. The summed E-state index contributed by atoms with van der Waals surface area (Å²) < 4.78 is 5.22. The van der Waals surface area contributed by atoms with Gasteiger partial charge in [0.25, 0.3) is 0 Å². The summed E-state index contributed by atoms with van der Waals surface area (Å²) >= 11 is 1.82. The van der Waals surface area contributed by atoms with Crippen molar-refractivity contribution in [2.75, 3.05) is 24.7 Å². The topological polar surface area (TPSA) is 38.3 Å². The summed E-state index contributed by atoms with van der Waals surface area (Å²) in [5, 5.41) is 3.18. The lowest BCUT2D eigenvalue weighted by Gasteiger charge is -2.21. The Morgan fingerprint density at radius 1 is 1.50 bits per heavy atom. The Kier molecular flexibility index (Phi) is 3.70. The number of carbonyl (C=O) groups excluding carboxylic acids is 1. The molecule has 1 aliphatic carbocycles. The highest BCUT2D eigenvalue weighted by Gasteiger charge is 2.24. The Hall–Kier alpha value is -0.220. The molecule has 2 rings (SSSR count). The molecule has 3 nitrogen and oxygen atoms in total. The van der Waals surface area contributed by atoms with E-state index >= 15 is 0 Å². The van der Waals surface area contributed by atoms with E-state index in [4.69, 9.17) is 4.74 Å². The lowest BCUT2D eigenvalue weighted by atomic mass is 10.3. The molecule has 0 spiro atoms. The fourth-order valence-corrected chi connectivity index (χ4v) is 2.47. The molecule has 0 aromatic carbocycles. The number of esters is 1. The molecular weight excluding hydrogens is 198 g/mol. The van der Waals surface area contributed by atoms with Crippen LogP contribution in [0, 0.1) is 5.92 Å². The van der Waals surface area contributed by atoms with Crippen LogP contribution < -0.4 is 5.32 Å². The maximum absolute atomic E-state index is 11.5. The molecule has 1 heterocycles. The Morgan fingerprint density at radius 2 is 2.36 bits per heavy atom. The SMILES string of the molecule is O=C(OCCC1CC1)C1CSCCN1. The van der Waals surface area contributed by atoms with Crippen molar-refractivity contribution in [2.24, 2.45) is 5.92 Å². The van der Waals surface area contributed by atoms with Crippen molar-refractivity contribution in [3.05, 3.63) is 0 Å². The molecule has 1 saturated heterocycles. The number of hydrogen-bond donors (Lipinski definition) is 1. The van der Waals surface area contributed by atoms with Crippen molar-refractivity contribution < 1.29 is 9.53 Å². The second kappa shape index (κ2) is 5.03. The molecule has 1 saturated carbocycles. The number of hydrogen-bond acceptors (Lipinski definition) is 4. The van der Waals surface area contributed by atoms with Crippen LogP contribution in [-0.2, 0) is 9.53 Å². The molecule has 80 valence electrons. The molecule has 2 aliphatic rings. The predicted molar refractivity (Wildman–Crippen MR) is 57.4 cm³/mol. The fraction of sp³-hybridized carbons (Fsp3) is 0.900. The third kappa shape index (κ3) is 3.17. The first-order chi connectivity index (χ1) is 6.86. The Morgan fingerprint density at radius 3 is 3.00 bits per heavy atom. The molecule has 1 N–H and O–H groups in total. The molecule has 0 radical (unpaired) electrons. The zero-order valence-electron chi connectivity index (χ0n) is 8.33. The smallest absolute Gasteiger partial charge is 0.323 e. The van der Waals surface area contributed by atoms with Crippen LogP contribution in [0.1, 0.15) is 19.3 Å². The molecule has 0 bridgehead atoms. The summed E-state index contributed by atoms with van der Waals surface area (Å²) in [6.07, 6.45) is 3.72. The molecule has 0 amide bonds. The van der Waals surface area contributed by atoms with E-state index in [-0.39, 0.29) is 12.0 Å². The summed E-state index contributed by atoms with van der Waals surface area (Å²) in [5.74, 6) is 2.75. The summed E-state index contributed by atoms with van der Waals surface area (Å²) in [6, 6.07) is -0.0621. The largest absolute Gasteiger partial charge is 0.464 e. The van der Waals surface area contributed by atoms with Crippen LogP contribution in [0.2, 0.25) is 0 Å². The van der Waals surface area contributed by atoms with Crippen LogP contribution in [0.25, 0.3) is 0 Å². The van der Waals surface area contributed by atoms with Gasteiger partial charge in [-0.15, -0.1) is 0 Å². The second-order valence-corrected chi connectivity index (χ2v) is 5.13. The van der Waals surface area contributed by atoms with E-state index in [2.05, 4.69) is 5.32 Å². The Bertz CT molecular complexity index is 200. The first-order valence-electron chi connectivity index (χ1n) is 5.34. The summed E-state index contributed by atoms with van der Waals surface area (Å²) in [7, 11) is 0. The maximum atomic E-state index is 11.5. The zero-order valence-corrected chi connectivity index (χ0v) is 9.15. The standard InChI is InChI=1S/C10H17NO2S/c12-10(9-7-14-6-4-11-9)13-5-3-8-1-2-8/h8-9,11H,1-7H2. The highest BCUT2D eigenvalue weighted by Crippen LogP contribution is 2.32. The van der Waals surface area contributed by atoms with Gasteiger partial charge in [-0.3, -0.25) is 4.79 Å². The van der Waals surface area contributed by atoms with E-state index in [0.29, 0.717) is 6.61 Å². The minimum Gasteiger partial charge on any atom is -0.464 e. The van der Waals surface area contributed by atoms with E-state index in [9.17, 15) is 4.79 Å². The van der Waals surface area contributed by atoms with Crippen molar-refractivity contribution in [3.63, 3.8) is 0 Å². The second-order valence-electron chi connectivity index (χ2n) is 3.98. The van der Waals surface area contributed by atoms with Gasteiger partial charge in [-0.25, -0.2) is 0 Å². The Labute approximate surface area is 89.0 Å². The van der Waals surface area contributed by atoms with E-state index in [1.165, 1.54) is 12.8 Å². The van der Waals surface area contributed by atoms with Crippen LogP contribution in [-0.4, -0.2) is 36.7 Å². The first kappa shape index (κ1) is 10.3. The van der Waals surface area contributed by atoms with Gasteiger partial charge >= 0.3 is 5.97 Å². The number of thioether (sulfide) groups is 1. The molecule has 4 heteroatoms. The van der Waals surface area contributed by atoms with E-state index in [0.717, 1.165) is 30.4 Å². The Balaban J connectivity index is 1.60. The van der Waals surface area contributed by atoms with Crippen LogP contribution in [0.3, 0.4) is 0 Å². The van der Waals surface area contributed by atoms with Gasteiger partial charge in [-0.1, -0.05) is 12.8 Å². The third-order valence-electron chi connectivity index (χ3n) is 2.67. The van der Waals surface area contributed by atoms with Gasteiger partial charge < -0.3 is 10.1 Å². The molecule has 1 unspecified atom stereocenters. The lowest BCUT2D eigenvalue weighted by Crippen LogP contribution is -2.44. The van der Waals surface area contributed by atoms with E-state index in [1.54, 1.807) is 0 Å². The maximum Gasteiger partial charge on any atom is 0.323 e. The van der Waals surface area contributed by atoms with E-state index < -0.39 is 0 Å². The normalized spacial score (nSPS) is 27.3. The van der Waals surface area contributed by atoms with Gasteiger partial charge in [0.2, 0.25) is 0 Å². The molecule has 0 aromatic heterocycles. The highest BCUT2D eigenvalue weighted by atomic mass is 32.2. The quantitative estimate of drug-likeness (QED) is 0.711. The van der Waals surface area contributed by atoms with Crippen LogP contribution >= 0.6 is 11.8 Å². The number of ether oxygens (including phenoxy) is 1. The molecule has 1 aliphatic heterocycles. The molecule has 1 atom stereocenters. The number of rotatable bonds is 4. The average molecular weight is 215 g/mol. The average Bonchev–Trinajstić information content (AvgIpc) is 3.03. The van der Waals surface area contributed by atoms with Crippen molar-refractivity contribution in [2.45, 2.75) is 25.3 Å². The van der Waals surface area contributed by atoms with Gasteiger partial charge in [0, 0.05) is 18.1 Å². The van der Waals surface area contributed by atoms with Crippen LogP contribution in [0.15, 0.2) is 0 Å². The van der Waals surface area contributed by atoms with Crippen molar-refractivity contribution in [1.82, 2.24) is 5.32 Å². The number of carbonyl (C=O) groups is 1. The molecule has 14 heavy (non-hydrogen) atoms. The minimum atomic E-state index is -0.0621. The molecule has 0 aromatic rings. The summed E-state index contributed by atoms with van der Waals surface area (Å²) in [5.41, 5.74) is 0. The van der Waals surface area contributed by atoms with Crippen molar-refractivity contribution >= 4 is 17.7 Å². The zero-order chi connectivity index (χ0) is 9.80. The van der Waals surface area contributed by atoms with Crippen LogP contribution in [0.4, 0.5) is 0 Å². The first-order valence-corrected chi connectivity index (χ1v) is 6.49. The van der Waals surface area contributed by atoms with Gasteiger partial charge in [-0.05, 0) is 12.3 Å². The van der Waals surface area contributed by atoms with Crippen molar-refractivity contribution in [3.8, 4) is 0 Å². The lowest BCUT2D eigenvalue weighted by molar-refractivity contribution is -0.145. The summed E-state index contributed by atoms with van der Waals surface area (Å²) in [6.45, 7) is 1.54. The van der Waals surface area contributed by atoms with E-state index in [1.807, 2.05) is 11.8 Å². The monoisotopic (exact) mass is 215 g/mol. The fourth-order valence-electron chi connectivity index (χ4n) is 1.55. The van der Waals surface area contributed by atoms with Crippen molar-refractivity contribution in [1.29, 1.82) is 0 Å². The van der Waals surface area contributed by atoms with Gasteiger partial charge in [0.15, 0.2) is 0 Å². The van der Waals surface area contributed by atoms with Gasteiger partial charge in [0.1, 0.15) is 6.04 Å². The predicted octanol–water partition coefficient (Wildman–Crippen LogP) is 1.03. The van der Waals surface area contributed by atoms with Gasteiger partial charge in [-0.2, -0.15) is 11.8 Å². The third-order valence-corrected chi connectivity index (χ3v) is 3.74.